The van der Waals surface area contributed by atoms with Gasteiger partial charge in [-0.05, 0) is 13.8 Å². The zero-order chi connectivity index (χ0) is 13.1. The van der Waals surface area contributed by atoms with E-state index in [0.29, 0.717) is 6.54 Å². The highest BCUT2D eigenvalue weighted by molar-refractivity contribution is 5.92. The van der Waals surface area contributed by atoms with Crippen LogP contribution in [-0.4, -0.2) is 48.5 Å². The zero-order valence-corrected chi connectivity index (χ0v) is 11.2. The molecule has 1 aliphatic heterocycles. The molecule has 1 aromatic heterocycles. The van der Waals surface area contributed by atoms with Crippen molar-refractivity contribution in [1.29, 1.82) is 0 Å². The molecule has 1 fully saturated rings. The highest BCUT2D eigenvalue weighted by Gasteiger charge is 2.19. The number of anilines is 1. The molecule has 2 N–H and O–H groups in total. The number of rotatable bonds is 3. The Balaban J connectivity index is 1.94. The molecule has 1 saturated heterocycles. The van der Waals surface area contributed by atoms with Gasteiger partial charge in [-0.1, -0.05) is 0 Å². The lowest BCUT2D eigenvalue weighted by Crippen LogP contribution is -3.15. The lowest BCUT2D eigenvalue weighted by molar-refractivity contribution is -0.899. The maximum Gasteiger partial charge on any atom is 0.279 e. The number of amides is 1. The highest BCUT2D eigenvalue weighted by atomic mass is 16.5. The van der Waals surface area contributed by atoms with Gasteiger partial charge >= 0.3 is 0 Å². The van der Waals surface area contributed by atoms with Crippen LogP contribution in [0.25, 0.3) is 0 Å². The lowest BCUT2D eigenvalue weighted by Gasteiger charge is -2.23. The summed E-state index contributed by atoms with van der Waals surface area (Å²) in [7, 11) is 1.88. The minimum Gasteiger partial charge on any atom is -0.370 e. The normalized spacial score (nSPS) is 16.8. The van der Waals surface area contributed by atoms with Crippen molar-refractivity contribution >= 4 is 11.6 Å². The Morgan fingerprint density at radius 1 is 1.44 bits per heavy atom. The number of carbonyl (C=O) groups excluding carboxylic acids is 1. The predicted molar refractivity (Wildman–Crippen MR) is 67.7 cm³/mol. The maximum atomic E-state index is 12.0. The molecular formula is C12H21N4O2+. The van der Waals surface area contributed by atoms with Crippen LogP contribution in [0.2, 0.25) is 0 Å². The maximum absolute atomic E-state index is 12.0. The van der Waals surface area contributed by atoms with Crippen molar-refractivity contribution in [3.63, 3.8) is 0 Å². The fraction of sp³-hybridized carbons (Fsp3) is 0.667. The number of ether oxygens (including phenoxy) is 1. The molecule has 1 amide bonds. The number of morpholine rings is 1. The van der Waals surface area contributed by atoms with Gasteiger partial charge in [-0.25, -0.2) is 0 Å². The molecule has 6 nitrogen and oxygen atoms in total. The quantitative estimate of drug-likeness (QED) is 0.718. The van der Waals surface area contributed by atoms with Gasteiger partial charge in [0, 0.05) is 7.05 Å². The molecule has 0 spiro atoms. The van der Waals surface area contributed by atoms with Crippen LogP contribution in [0, 0.1) is 13.8 Å². The number of carbonyl (C=O) groups is 1. The summed E-state index contributed by atoms with van der Waals surface area (Å²) in [5.74, 6) is 0.0473. The van der Waals surface area contributed by atoms with Gasteiger partial charge in [0.1, 0.15) is 13.1 Å². The van der Waals surface area contributed by atoms with Crippen molar-refractivity contribution in [3.05, 3.63) is 11.4 Å². The molecule has 0 atom stereocenters. The molecule has 0 aliphatic carbocycles. The monoisotopic (exact) mass is 253 g/mol. The molecule has 0 saturated carbocycles. The molecule has 1 aromatic rings. The number of quaternary nitrogens is 1. The van der Waals surface area contributed by atoms with Crippen molar-refractivity contribution < 1.29 is 14.4 Å². The highest BCUT2D eigenvalue weighted by Crippen LogP contribution is 2.17. The first-order valence-electron chi connectivity index (χ1n) is 6.29. The summed E-state index contributed by atoms with van der Waals surface area (Å²) in [6, 6.07) is 0. The van der Waals surface area contributed by atoms with Gasteiger partial charge in [0.2, 0.25) is 0 Å². The van der Waals surface area contributed by atoms with Crippen molar-refractivity contribution in [1.82, 2.24) is 9.78 Å². The number of nitrogens with one attached hydrogen (secondary N) is 2. The van der Waals surface area contributed by atoms with E-state index in [1.807, 2.05) is 20.9 Å². The Labute approximate surface area is 107 Å². The van der Waals surface area contributed by atoms with Crippen molar-refractivity contribution in [3.8, 4) is 0 Å². The predicted octanol–water partition coefficient (Wildman–Crippen LogP) is -1.11. The average Bonchev–Trinajstić information content (AvgIpc) is 2.57. The lowest BCUT2D eigenvalue weighted by atomic mass is 10.3. The fourth-order valence-electron chi connectivity index (χ4n) is 2.20. The van der Waals surface area contributed by atoms with Gasteiger partial charge < -0.3 is 15.0 Å². The first kappa shape index (κ1) is 13.0. The molecule has 100 valence electrons. The topological polar surface area (TPSA) is 60.6 Å². The Kier molecular flexibility index (Phi) is 3.98. The van der Waals surface area contributed by atoms with Crippen LogP contribution in [0.4, 0.5) is 5.69 Å². The third kappa shape index (κ3) is 2.88. The molecular weight excluding hydrogens is 232 g/mol. The van der Waals surface area contributed by atoms with E-state index in [1.165, 1.54) is 4.90 Å². The summed E-state index contributed by atoms with van der Waals surface area (Å²) in [6.45, 7) is 7.65. The Morgan fingerprint density at radius 2 is 2.11 bits per heavy atom. The van der Waals surface area contributed by atoms with Crippen LogP contribution in [0.5, 0.6) is 0 Å². The van der Waals surface area contributed by atoms with Crippen LogP contribution >= 0.6 is 0 Å². The number of aromatic nitrogens is 2. The van der Waals surface area contributed by atoms with E-state index in [-0.39, 0.29) is 5.91 Å². The Morgan fingerprint density at radius 3 is 2.67 bits per heavy atom. The van der Waals surface area contributed by atoms with E-state index < -0.39 is 0 Å². The third-order valence-corrected chi connectivity index (χ3v) is 3.38. The van der Waals surface area contributed by atoms with Gasteiger partial charge in [0.25, 0.3) is 5.91 Å². The summed E-state index contributed by atoms with van der Waals surface area (Å²) in [5.41, 5.74) is 2.69. The van der Waals surface area contributed by atoms with Gasteiger partial charge in [-0.2, -0.15) is 5.10 Å². The van der Waals surface area contributed by atoms with E-state index in [1.54, 1.807) is 4.68 Å². The minimum atomic E-state index is 0.0473. The number of nitrogens with zero attached hydrogens (tertiary/aromatic N) is 2. The van der Waals surface area contributed by atoms with Crippen LogP contribution in [0.15, 0.2) is 0 Å². The largest absolute Gasteiger partial charge is 0.370 e. The Bertz CT molecular complexity index is 436. The second-order valence-electron chi connectivity index (χ2n) is 4.76. The molecule has 0 bridgehead atoms. The summed E-state index contributed by atoms with van der Waals surface area (Å²) >= 11 is 0. The van der Waals surface area contributed by atoms with E-state index in [4.69, 9.17) is 4.74 Å². The SMILES string of the molecule is Cc1nn(C)c(C)c1NC(=O)C[NH+]1CCOCC1. The van der Waals surface area contributed by atoms with Crippen LogP contribution in [-0.2, 0) is 16.6 Å². The first-order valence-corrected chi connectivity index (χ1v) is 6.29. The average molecular weight is 253 g/mol. The molecule has 0 radical (unpaired) electrons. The fourth-order valence-corrected chi connectivity index (χ4v) is 2.20. The van der Waals surface area contributed by atoms with Crippen LogP contribution in [0.3, 0.4) is 0 Å². The second-order valence-corrected chi connectivity index (χ2v) is 4.76. The van der Waals surface area contributed by atoms with E-state index in [0.717, 1.165) is 43.4 Å². The van der Waals surface area contributed by atoms with Gasteiger partial charge in [-0.3, -0.25) is 9.48 Å². The number of hydrogen-bond acceptors (Lipinski definition) is 3. The van der Waals surface area contributed by atoms with Gasteiger partial charge in [-0.15, -0.1) is 0 Å². The number of aryl methyl sites for hydroxylation is 2. The van der Waals surface area contributed by atoms with Gasteiger partial charge in [0.15, 0.2) is 6.54 Å². The summed E-state index contributed by atoms with van der Waals surface area (Å²) < 4.78 is 7.06. The van der Waals surface area contributed by atoms with Gasteiger partial charge in [0.05, 0.1) is 30.3 Å². The van der Waals surface area contributed by atoms with Crippen molar-refractivity contribution in [2.75, 3.05) is 38.2 Å². The first-order chi connectivity index (χ1) is 8.58. The molecule has 2 rings (SSSR count). The van der Waals surface area contributed by atoms with E-state index in [2.05, 4.69) is 10.4 Å². The van der Waals surface area contributed by atoms with Crippen molar-refractivity contribution in [2.45, 2.75) is 13.8 Å². The third-order valence-electron chi connectivity index (χ3n) is 3.38. The molecule has 6 heteroatoms. The smallest absolute Gasteiger partial charge is 0.279 e. The second kappa shape index (κ2) is 5.49. The zero-order valence-electron chi connectivity index (χ0n) is 11.2. The molecule has 18 heavy (non-hydrogen) atoms. The van der Waals surface area contributed by atoms with E-state index >= 15 is 0 Å². The van der Waals surface area contributed by atoms with E-state index in [9.17, 15) is 4.79 Å². The van der Waals surface area contributed by atoms with Crippen LogP contribution < -0.4 is 10.2 Å². The standard InChI is InChI=1S/C12H20N4O2/c1-9-12(10(2)15(3)14-9)13-11(17)8-16-4-6-18-7-5-16/h4-8H2,1-3H3,(H,13,17)/p+1. The molecule has 2 heterocycles. The summed E-state index contributed by atoms with van der Waals surface area (Å²) in [6.07, 6.45) is 0. The molecule has 1 aliphatic rings. The summed E-state index contributed by atoms with van der Waals surface area (Å²) in [4.78, 5) is 13.3. The summed E-state index contributed by atoms with van der Waals surface area (Å²) in [5, 5.41) is 7.25. The van der Waals surface area contributed by atoms with Crippen LogP contribution in [0.1, 0.15) is 11.4 Å². The molecule has 0 unspecified atom stereocenters. The van der Waals surface area contributed by atoms with Crippen molar-refractivity contribution in [2.24, 2.45) is 7.05 Å². The minimum absolute atomic E-state index is 0.0473. The molecule has 0 aromatic carbocycles. The number of hydrogen-bond donors (Lipinski definition) is 2. The Hall–Kier alpha value is -1.40.